The second-order valence-corrected chi connectivity index (χ2v) is 5.82. The average molecular weight is 335 g/mol. The third-order valence-electron chi connectivity index (χ3n) is 3.92. The smallest absolute Gasteiger partial charge is 0.149 e. The van der Waals surface area contributed by atoms with Crippen LogP contribution in [-0.2, 0) is 0 Å². The summed E-state index contributed by atoms with van der Waals surface area (Å²) in [5.74, 6) is 0.870. The number of benzene rings is 2. The van der Waals surface area contributed by atoms with Crippen LogP contribution in [0.25, 0.3) is 22.7 Å². The fraction of sp³-hybridized carbons (Fsp3) is 0.200. The van der Waals surface area contributed by atoms with E-state index >= 15 is 0 Å². The number of aromatic nitrogens is 2. The fourth-order valence-corrected chi connectivity index (χ4v) is 2.39. The van der Waals surface area contributed by atoms with Gasteiger partial charge in [0.25, 0.3) is 0 Å². The zero-order valence-electron chi connectivity index (χ0n) is 14.1. The molecule has 0 saturated heterocycles. The number of nitrogens with zero attached hydrogens (tertiary/aromatic N) is 2. The quantitative estimate of drug-likeness (QED) is 0.672. The minimum atomic E-state index is -0.345. The molecule has 1 atom stereocenters. The Bertz CT molecular complexity index is 951. The first-order valence-corrected chi connectivity index (χ1v) is 8.13. The minimum Gasteiger partial charge on any atom is -0.491 e. The van der Waals surface area contributed by atoms with Gasteiger partial charge in [0.2, 0.25) is 0 Å². The lowest BCUT2D eigenvalue weighted by Gasteiger charge is -2.12. The number of allylic oxidation sites excluding steroid dienone is 1. The maximum Gasteiger partial charge on any atom is 0.149 e. The first-order chi connectivity index (χ1) is 12.1. The van der Waals surface area contributed by atoms with Gasteiger partial charge in [-0.1, -0.05) is 19.1 Å². The van der Waals surface area contributed by atoms with Crippen LogP contribution in [0.4, 0.5) is 4.39 Å². The molecular weight excluding hydrogens is 317 g/mol. The Labute approximate surface area is 145 Å². The van der Waals surface area contributed by atoms with E-state index in [0.717, 1.165) is 17.7 Å². The number of aromatic amines is 1. The van der Waals surface area contributed by atoms with Crippen LogP contribution in [0.2, 0.25) is 0 Å². The van der Waals surface area contributed by atoms with E-state index in [0.29, 0.717) is 22.4 Å². The summed E-state index contributed by atoms with van der Waals surface area (Å²) in [6.45, 7) is 4.09. The van der Waals surface area contributed by atoms with E-state index in [4.69, 9.17) is 4.74 Å². The second-order valence-electron chi connectivity index (χ2n) is 5.82. The van der Waals surface area contributed by atoms with Gasteiger partial charge in [-0.3, -0.25) is 0 Å². The van der Waals surface area contributed by atoms with Crippen LogP contribution in [0, 0.1) is 17.1 Å². The number of halogens is 1. The number of hydrogen-bond donors (Lipinski definition) is 1. The number of rotatable bonds is 5. The van der Waals surface area contributed by atoms with Crippen LogP contribution < -0.4 is 4.74 Å². The van der Waals surface area contributed by atoms with Crippen molar-refractivity contribution in [1.29, 1.82) is 5.26 Å². The van der Waals surface area contributed by atoms with Crippen molar-refractivity contribution >= 4 is 22.7 Å². The zero-order chi connectivity index (χ0) is 17.8. The zero-order valence-corrected chi connectivity index (χ0v) is 14.1. The molecule has 1 N–H and O–H groups in total. The Hall–Kier alpha value is -3.13. The summed E-state index contributed by atoms with van der Waals surface area (Å²) < 4.78 is 19.0. The van der Waals surface area contributed by atoms with Crippen LogP contribution in [-0.4, -0.2) is 16.1 Å². The molecule has 25 heavy (non-hydrogen) atoms. The maximum atomic E-state index is 13.3. The lowest BCUT2D eigenvalue weighted by molar-refractivity contribution is 0.217. The highest BCUT2D eigenvalue weighted by atomic mass is 19.1. The van der Waals surface area contributed by atoms with E-state index in [1.807, 2.05) is 31.2 Å². The summed E-state index contributed by atoms with van der Waals surface area (Å²) in [7, 11) is 0. The maximum absolute atomic E-state index is 13.3. The van der Waals surface area contributed by atoms with Crippen molar-refractivity contribution in [2.45, 2.75) is 26.4 Å². The van der Waals surface area contributed by atoms with Crippen molar-refractivity contribution < 1.29 is 9.13 Å². The van der Waals surface area contributed by atoms with Gasteiger partial charge in [-0.2, -0.15) is 5.26 Å². The van der Waals surface area contributed by atoms with Gasteiger partial charge in [-0.05, 0) is 55.3 Å². The number of imidazole rings is 1. The minimum absolute atomic E-state index is 0.159. The van der Waals surface area contributed by atoms with E-state index in [2.05, 4.69) is 23.0 Å². The summed E-state index contributed by atoms with van der Waals surface area (Å²) in [5, 5.41) is 9.45. The molecule has 0 aliphatic heterocycles. The highest BCUT2D eigenvalue weighted by Crippen LogP contribution is 2.21. The summed E-state index contributed by atoms with van der Waals surface area (Å²) in [6, 6.07) is 14.0. The monoisotopic (exact) mass is 335 g/mol. The molecule has 5 heteroatoms. The molecule has 126 valence electrons. The van der Waals surface area contributed by atoms with Crippen molar-refractivity contribution in [2.24, 2.45) is 0 Å². The summed E-state index contributed by atoms with van der Waals surface area (Å²) in [4.78, 5) is 7.34. The molecule has 3 rings (SSSR count). The van der Waals surface area contributed by atoms with E-state index in [1.54, 1.807) is 12.1 Å². The molecule has 4 nitrogen and oxygen atoms in total. The SMILES string of the molecule is CC[C@H](C)Oc1ccc(/C=C(/C#N)c2nc3ccc(F)cc3[nH]2)cc1. The van der Waals surface area contributed by atoms with Crippen LogP contribution in [0.1, 0.15) is 31.7 Å². The summed E-state index contributed by atoms with van der Waals surface area (Å²) >= 11 is 0. The Kier molecular flexibility index (Phi) is 4.80. The molecule has 0 radical (unpaired) electrons. The number of fused-ring (bicyclic) bond motifs is 1. The molecule has 0 bridgehead atoms. The van der Waals surface area contributed by atoms with Crippen LogP contribution in [0.5, 0.6) is 5.75 Å². The lowest BCUT2D eigenvalue weighted by Crippen LogP contribution is -2.09. The van der Waals surface area contributed by atoms with Gasteiger partial charge in [0, 0.05) is 0 Å². The number of ether oxygens (including phenoxy) is 1. The van der Waals surface area contributed by atoms with Crippen molar-refractivity contribution in [3.05, 3.63) is 59.7 Å². The summed E-state index contributed by atoms with van der Waals surface area (Å²) in [5.41, 5.74) is 2.43. The van der Waals surface area contributed by atoms with Gasteiger partial charge in [0.15, 0.2) is 0 Å². The van der Waals surface area contributed by atoms with E-state index in [1.165, 1.54) is 12.1 Å². The fourth-order valence-electron chi connectivity index (χ4n) is 2.39. The van der Waals surface area contributed by atoms with E-state index < -0.39 is 0 Å². The normalized spacial score (nSPS) is 12.8. The molecule has 2 aromatic carbocycles. The van der Waals surface area contributed by atoms with Gasteiger partial charge >= 0.3 is 0 Å². The van der Waals surface area contributed by atoms with Crippen LogP contribution in [0.15, 0.2) is 42.5 Å². The number of nitrogens with one attached hydrogen (secondary N) is 1. The Morgan fingerprint density at radius 1 is 1.32 bits per heavy atom. The average Bonchev–Trinajstić information content (AvgIpc) is 3.03. The third-order valence-corrected chi connectivity index (χ3v) is 3.92. The van der Waals surface area contributed by atoms with E-state index in [-0.39, 0.29) is 11.9 Å². The topological polar surface area (TPSA) is 61.7 Å². The van der Waals surface area contributed by atoms with Crippen LogP contribution >= 0.6 is 0 Å². The number of nitriles is 1. The first-order valence-electron chi connectivity index (χ1n) is 8.13. The second kappa shape index (κ2) is 7.18. The highest BCUT2D eigenvalue weighted by molar-refractivity contribution is 5.90. The molecule has 0 amide bonds. The largest absolute Gasteiger partial charge is 0.491 e. The molecule has 0 unspecified atom stereocenters. The van der Waals surface area contributed by atoms with Gasteiger partial charge in [-0.15, -0.1) is 0 Å². The Morgan fingerprint density at radius 2 is 2.08 bits per heavy atom. The van der Waals surface area contributed by atoms with Crippen molar-refractivity contribution in [1.82, 2.24) is 9.97 Å². The van der Waals surface area contributed by atoms with Gasteiger partial charge in [0.1, 0.15) is 23.5 Å². The predicted octanol–water partition coefficient (Wildman–Crippen LogP) is 4.94. The predicted molar refractivity (Wildman–Crippen MR) is 96.4 cm³/mol. The molecule has 0 saturated carbocycles. The van der Waals surface area contributed by atoms with Gasteiger partial charge < -0.3 is 9.72 Å². The standard InChI is InChI=1S/C20H18FN3O/c1-3-13(2)25-17-7-4-14(5-8-17)10-15(12-22)20-23-18-9-6-16(21)11-19(18)24-20/h4-11,13H,3H2,1-2H3,(H,23,24)/b15-10-/t13-/m0/s1. The number of hydrogen-bond acceptors (Lipinski definition) is 3. The molecule has 0 spiro atoms. The molecular formula is C20H18FN3O. The van der Waals surface area contributed by atoms with Crippen LogP contribution in [0.3, 0.4) is 0 Å². The highest BCUT2D eigenvalue weighted by Gasteiger charge is 2.09. The summed E-state index contributed by atoms with van der Waals surface area (Å²) in [6.07, 6.45) is 2.83. The first kappa shape index (κ1) is 16.7. The van der Waals surface area contributed by atoms with Gasteiger partial charge in [0.05, 0.1) is 22.7 Å². The van der Waals surface area contributed by atoms with Crippen molar-refractivity contribution in [3.8, 4) is 11.8 Å². The molecule has 0 fully saturated rings. The lowest BCUT2D eigenvalue weighted by atomic mass is 10.1. The molecule has 3 aromatic rings. The number of H-pyrrole nitrogens is 1. The van der Waals surface area contributed by atoms with Crippen molar-refractivity contribution in [2.75, 3.05) is 0 Å². The third kappa shape index (κ3) is 3.86. The van der Waals surface area contributed by atoms with Crippen molar-refractivity contribution in [3.63, 3.8) is 0 Å². The Morgan fingerprint density at radius 3 is 2.76 bits per heavy atom. The van der Waals surface area contributed by atoms with Gasteiger partial charge in [-0.25, -0.2) is 9.37 Å². The molecule has 1 heterocycles. The molecule has 0 aliphatic carbocycles. The Balaban J connectivity index is 1.87. The van der Waals surface area contributed by atoms with E-state index in [9.17, 15) is 9.65 Å². The molecule has 0 aliphatic rings. The molecule has 1 aromatic heterocycles.